The van der Waals surface area contributed by atoms with Crippen LogP contribution in [0, 0.1) is 5.92 Å². The Kier molecular flexibility index (Phi) is 2.20. The number of nitrogens with zero attached hydrogens (tertiary/aromatic N) is 1. The smallest absolute Gasteiger partial charge is 0.129 e. The number of fused-ring (bicyclic) bond motifs is 1. The van der Waals surface area contributed by atoms with Crippen molar-refractivity contribution in [1.82, 2.24) is 15.6 Å². The Balaban J connectivity index is 2.01. The first-order valence-corrected chi connectivity index (χ1v) is 5.77. The fourth-order valence-electron chi connectivity index (χ4n) is 2.87. The molecule has 0 radical (unpaired) electrons. The van der Waals surface area contributed by atoms with Crippen molar-refractivity contribution >= 4 is 11.6 Å². The van der Waals surface area contributed by atoms with E-state index in [9.17, 15) is 0 Å². The minimum absolute atomic E-state index is 0.109. The van der Waals surface area contributed by atoms with Crippen molar-refractivity contribution in [3.05, 3.63) is 29.0 Å². The van der Waals surface area contributed by atoms with Gasteiger partial charge in [0.15, 0.2) is 0 Å². The molecular weight excluding hydrogens is 210 g/mol. The monoisotopic (exact) mass is 223 g/mol. The van der Waals surface area contributed by atoms with E-state index in [4.69, 9.17) is 11.6 Å². The highest BCUT2D eigenvalue weighted by molar-refractivity contribution is 6.29. The van der Waals surface area contributed by atoms with Gasteiger partial charge in [0.2, 0.25) is 0 Å². The Labute approximate surface area is 94.2 Å². The van der Waals surface area contributed by atoms with Crippen molar-refractivity contribution in [3.63, 3.8) is 0 Å². The van der Waals surface area contributed by atoms with E-state index in [1.807, 2.05) is 12.3 Å². The van der Waals surface area contributed by atoms with Gasteiger partial charge in [-0.25, -0.2) is 4.98 Å². The molecule has 4 heteroatoms. The summed E-state index contributed by atoms with van der Waals surface area (Å²) in [4.78, 5) is 4.18. The van der Waals surface area contributed by atoms with Gasteiger partial charge in [-0.05, 0) is 30.5 Å². The van der Waals surface area contributed by atoms with Crippen molar-refractivity contribution < 1.29 is 0 Å². The summed E-state index contributed by atoms with van der Waals surface area (Å²) < 4.78 is 0. The van der Waals surface area contributed by atoms with Crippen LogP contribution < -0.4 is 10.6 Å². The third kappa shape index (κ3) is 1.38. The number of aromatic nitrogens is 1. The van der Waals surface area contributed by atoms with Gasteiger partial charge < -0.3 is 10.6 Å². The third-order valence-electron chi connectivity index (χ3n) is 3.67. The third-order valence-corrected chi connectivity index (χ3v) is 3.89. The molecule has 2 aliphatic rings. The molecule has 0 bridgehead atoms. The lowest BCUT2D eigenvalue weighted by atomic mass is 9.83. The topological polar surface area (TPSA) is 37.0 Å². The molecule has 0 aliphatic carbocycles. The number of pyridine rings is 1. The zero-order valence-corrected chi connectivity index (χ0v) is 9.22. The van der Waals surface area contributed by atoms with E-state index >= 15 is 0 Å². The van der Waals surface area contributed by atoms with Gasteiger partial charge >= 0.3 is 0 Å². The highest BCUT2D eigenvalue weighted by Crippen LogP contribution is 2.38. The largest absolute Gasteiger partial charge is 0.314 e. The van der Waals surface area contributed by atoms with E-state index in [-0.39, 0.29) is 5.54 Å². The number of hydrogen-bond donors (Lipinski definition) is 2. The van der Waals surface area contributed by atoms with Gasteiger partial charge in [0.05, 0.1) is 5.54 Å². The predicted octanol–water partition coefficient (Wildman–Crippen LogP) is 1.14. The molecule has 1 aromatic heterocycles. The van der Waals surface area contributed by atoms with Crippen LogP contribution >= 0.6 is 11.6 Å². The maximum absolute atomic E-state index is 5.81. The van der Waals surface area contributed by atoms with Crippen molar-refractivity contribution in [1.29, 1.82) is 0 Å². The van der Waals surface area contributed by atoms with E-state index in [1.54, 1.807) is 0 Å². The normalized spacial score (nSPS) is 34.3. The van der Waals surface area contributed by atoms with Gasteiger partial charge in [-0.2, -0.15) is 0 Å². The molecule has 1 unspecified atom stereocenters. The zero-order chi connectivity index (χ0) is 10.3. The Bertz CT molecular complexity index is 353. The number of nitrogens with one attached hydrogen (secondary N) is 2. The summed E-state index contributed by atoms with van der Waals surface area (Å²) in [6.45, 7) is 3.21. The number of halogens is 1. The summed E-state index contributed by atoms with van der Waals surface area (Å²) in [7, 11) is 0. The van der Waals surface area contributed by atoms with Crippen LogP contribution in [0.2, 0.25) is 5.15 Å². The van der Waals surface area contributed by atoms with Gasteiger partial charge in [0, 0.05) is 19.3 Å². The Hall–Kier alpha value is -0.640. The molecule has 3 nitrogen and oxygen atoms in total. The zero-order valence-electron chi connectivity index (χ0n) is 8.46. The Morgan fingerprint density at radius 3 is 3.20 bits per heavy atom. The Morgan fingerprint density at radius 1 is 1.47 bits per heavy atom. The summed E-state index contributed by atoms with van der Waals surface area (Å²) in [5.41, 5.74) is 1.37. The van der Waals surface area contributed by atoms with Crippen LogP contribution in [0.15, 0.2) is 18.3 Å². The van der Waals surface area contributed by atoms with Crippen LogP contribution in [0.3, 0.4) is 0 Å². The molecule has 15 heavy (non-hydrogen) atoms. The van der Waals surface area contributed by atoms with Gasteiger partial charge in [-0.15, -0.1) is 0 Å². The molecular formula is C11H14ClN3. The lowest BCUT2D eigenvalue weighted by Crippen LogP contribution is -2.43. The highest BCUT2D eigenvalue weighted by atomic mass is 35.5. The van der Waals surface area contributed by atoms with E-state index in [0.717, 1.165) is 19.6 Å². The van der Waals surface area contributed by atoms with Gasteiger partial charge in [-0.3, -0.25) is 0 Å². The molecule has 0 spiro atoms. The summed E-state index contributed by atoms with van der Waals surface area (Å²) >= 11 is 5.81. The summed E-state index contributed by atoms with van der Waals surface area (Å²) in [5, 5.41) is 7.64. The lowest BCUT2D eigenvalue weighted by Gasteiger charge is -2.29. The molecule has 1 aromatic rings. The van der Waals surface area contributed by atoms with Crippen molar-refractivity contribution in [2.75, 3.05) is 19.6 Å². The highest BCUT2D eigenvalue weighted by Gasteiger charge is 2.47. The standard InChI is InChI=1S/C11H14ClN3/c12-10-2-1-8(6-14-10)11-7-13-5-9(11)3-4-15-11/h1-2,6,9,13,15H,3-5,7H2/t9?,11-/m1/s1. The molecule has 2 fully saturated rings. The van der Waals surface area contributed by atoms with Crippen molar-refractivity contribution in [2.24, 2.45) is 5.92 Å². The molecule has 3 rings (SSSR count). The van der Waals surface area contributed by atoms with Crippen LogP contribution in [-0.2, 0) is 5.54 Å². The second kappa shape index (κ2) is 3.44. The van der Waals surface area contributed by atoms with E-state index in [0.29, 0.717) is 11.1 Å². The minimum Gasteiger partial charge on any atom is -0.314 e. The minimum atomic E-state index is 0.109. The van der Waals surface area contributed by atoms with Gasteiger partial charge in [-0.1, -0.05) is 17.7 Å². The van der Waals surface area contributed by atoms with Gasteiger partial charge in [0.25, 0.3) is 0 Å². The van der Waals surface area contributed by atoms with E-state index < -0.39 is 0 Å². The number of rotatable bonds is 1. The molecule has 2 aliphatic heterocycles. The molecule has 0 saturated carbocycles. The quantitative estimate of drug-likeness (QED) is 0.702. The second-order valence-electron chi connectivity index (χ2n) is 4.38. The molecule has 0 amide bonds. The fourth-order valence-corrected chi connectivity index (χ4v) is 2.98. The maximum atomic E-state index is 5.81. The molecule has 2 saturated heterocycles. The first-order chi connectivity index (χ1) is 7.31. The van der Waals surface area contributed by atoms with Crippen LogP contribution in [0.1, 0.15) is 12.0 Å². The van der Waals surface area contributed by atoms with Crippen LogP contribution in [-0.4, -0.2) is 24.6 Å². The first-order valence-electron chi connectivity index (χ1n) is 5.39. The lowest BCUT2D eigenvalue weighted by molar-refractivity contribution is 0.360. The molecule has 0 aromatic carbocycles. The summed E-state index contributed by atoms with van der Waals surface area (Å²) in [6, 6.07) is 3.97. The summed E-state index contributed by atoms with van der Waals surface area (Å²) in [6.07, 6.45) is 3.15. The Morgan fingerprint density at radius 2 is 2.40 bits per heavy atom. The molecule has 3 heterocycles. The van der Waals surface area contributed by atoms with Crippen LogP contribution in [0.4, 0.5) is 0 Å². The van der Waals surface area contributed by atoms with E-state index in [2.05, 4.69) is 21.7 Å². The van der Waals surface area contributed by atoms with Crippen molar-refractivity contribution in [2.45, 2.75) is 12.0 Å². The second-order valence-corrected chi connectivity index (χ2v) is 4.77. The molecule has 80 valence electrons. The fraction of sp³-hybridized carbons (Fsp3) is 0.545. The first kappa shape index (κ1) is 9.58. The SMILES string of the molecule is Clc1ccc([C@]23CNCC2CCN3)cn1. The average Bonchev–Trinajstić information content (AvgIpc) is 2.77. The average molecular weight is 224 g/mol. The van der Waals surface area contributed by atoms with Crippen LogP contribution in [0.5, 0.6) is 0 Å². The van der Waals surface area contributed by atoms with Crippen LogP contribution in [0.25, 0.3) is 0 Å². The predicted molar refractivity (Wildman–Crippen MR) is 59.9 cm³/mol. The number of hydrogen-bond acceptors (Lipinski definition) is 3. The summed E-state index contributed by atoms with van der Waals surface area (Å²) in [5.74, 6) is 0.695. The maximum Gasteiger partial charge on any atom is 0.129 e. The van der Waals surface area contributed by atoms with Crippen molar-refractivity contribution in [3.8, 4) is 0 Å². The molecule has 2 N–H and O–H groups in total. The molecule has 2 atom stereocenters. The van der Waals surface area contributed by atoms with E-state index in [1.165, 1.54) is 12.0 Å². The van der Waals surface area contributed by atoms with Gasteiger partial charge in [0.1, 0.15) is 5.15 Å².